The van der Waals surface area contributed by atoms with Crippen LogP contribution in [0.4, 0.5) is 5.88 Å². The van der Waals surface area contributed by atoms with E-state index >= 15 is 0 Å². The summed E-state index contributed by atoms with van der Waals surface area (Å²) >= 11 is 3.10. The molecule has 9 heteroatoms. The molecule has 0 unspecified atom stereocenters. The molecule has 0 atom stereocenters. The van der Waals surface area contributed by atoms with E-state index in [1.807, 2.05) is 34.1 Å². The van der Waals surface area contributed by atoms with Crippen LogP contribution in [0.25, 0.3) is 10.2 Å². The maximum Gasteiger partial charge on any atom is 0.234 e. The standard InChI is InChI=1S/C18H17N5O2S2/c1-12-20-14(10-19)17(25-12)23-8-6-22(7-9-23)16(24)11-26-18-21-13-4-2-3-5-15(13)27-18/h2-5H,6-9,11H2,1H3. The van der Waals surface area contributed by atoms with Gasteiger partial charge >= 0.3 is 0 Å². The van der Waals surface area contributed by atoms with Gasteiger partial charge in [0.05, 0.1) is 16.0 Å². The zero-order valence-electron chi connectivity index (χ0n) is 14.7. The summed E-state index contributed by atoms with van der Waals surface area (Å²) in [6.45, 7) is 4.18. The smallest absolute Gasteiger partial charge is 0.234 e. The molecule has 0 bridgehead atoms. The van der Waals surface area contributed by atoms with Crippen molar-refractivity contribution in [3.05, 3.63) is 35.9 Å². The summed E-state index contributed by atoms with van der Waals surface area (Å²) in [5.74, 6) is 1.47. The van der Waals surface area contributed by atoms with Crippen LogP contribution in [0, 0.1) is 18.3 Å². The van der Waals surface area contributed by atoms with Crippen molar-refractivity contribution < 1.29 is 9.21 Å². The minimum absolute atomic E-state index is 0.105. The van der Waals surface area contributed by atoms with E-state index in [4.69, 9.17) is 9.68 Å². The Hall–Kier alpha value is -2.57. The van der Waals surface area contributed by atoms with Crippen molar-refractivity contribution in [1.29, 1.82) is 5.26 Å². The number of aryl methyl sites for hydroxylation is 1. The van der Waals surface area contributed by atoms with Crippen LogP contribution in [0.5, 0.6) is 0 Å². The van der Waals surface area contributed by atoms with Gasteiger partial charge in [0.15, 0.2) is 10.2 Å². The Labute approximate surface area is 164 Å². The van der Waals surface area contributed by atoms with E-state index in [1.54, 1.807) is 18.3 Å². The summed E-state index contributed by atoms with van der Waals surface area (Å²) in [7, 11) is 0. The number of para-hydroxylation sites is 1. The Balaban J connectivity index is 1.32. The number of carbonyl (C=O) groups excluding carboxylic acids is 1. The van der Waals surface area contributed by atoms with E-state index in [1.165, 1.54) is 11.8 Å². The molecule has 1 aliphatic rings. The number of nitrogens with zero attached hydrogens (tertiary/aromatic N) is 5. The highest BCUT2D eigenvalue weighted by Crippen LogP contribution is 2.29. The molecular weight excluding hydrogens is 382 g/mol. The minimum atomic E-state index is 0.105. The average Bonchev–Trinajstić information content (AvgIpc) is 3.28. The number of piperazine rings is 1. The third kappa shape index (κ3) is 3.77. The molecule has 0 aliphatic carbocycles. The van der Waals surface area contributed by atoms with Crippen molar-refractivity contribution in [3.8, 4) is 6.07 Å². The van der Waals surface area contributed by atoms with Crippen molar-refractivity contribution in [2.24, 2.45) is 0 Å². The number of amides is 1. The molecule has 1 aliphatic heterocycles. The van der Waals surface area contributed by atoms with Gasteiger partial charge in [-0.1, -0.05) is 23.9 Å². The summed E-state index contributed by atoms with van der Waals surface area (Å²) in [6.07, 6.45) is 0. The second-order valence-electron chi connectivity index (χ2n) is 6.10. The van der Waals surface area contributed by atoms with Gasteiger partial charge in [-0.2, -0.15) is 5.26 Å². The maximum atomic E-state index is 12.5. The monoisotopic (exact) mass is 399 g/mol. The molecule has 0 N–H and O–H groups in total. The van der Waals surface area contributed by atoms with Crippen LogP contribution in [-0.4, -0.2) is 52.7 Å². The Bertz CT molecular complexity index is 981. The fraction of sp³-hybridized carbons (Fsp3) is 0.333. The van der Waals surface area contributed by atoms with Gasteiger partial charge in [-0.3, -0.25) is 4.79 Å². The van der Waals surface area contributed by atoms with E-state index in [0.717, 1.165) is 14.6 Å². The topological polar surface area (TPSA) is 86.3 Å². The molecule has 3 aromatic rings. The number of benzene rings is 1. The van der Waals surface area contributed by atoms with Gasteiger partial charge in [-0.15, -0.1) is 11.3 Å². The summed E-state index contributed by atoms with van der Waals surface area (Å²) in [5.41, 5.74) is 1.28. The summed E-state index contributed by atoms with van der Waals surface area (Å²) < 4.78 is 7.60. The second-order valence-corrected chi connectivity index (χ2v) is 8.36. The van der Waals surface area contributed by atoms with Gasteiger partial charge in [0.25, 0.3) is 0 Å². The highest BCUT2D eigenvalue weighted by atomic mass is 32.2. The van der Waals surface area contributed by atoms with Crippen LogP contribution < -0.4 is 4.90 Å². The van der Waals surface area contributed by atoms with E-state index in [-0.39, 0.29) is 5.91 Å². The van der Waals surface area contributed by atoms with Gasteiger partial charge < -0.3 is 14.2 Å². The largest absolute Gasteiger partial charge is 0.424 e. The fourth-order valence-corrected chi connectivity index (χ4v) is 4.96. The zero-order valence-corrected chi connectivity index (χ0v) is 16.3. The number of aromatic nitrogens is 2. The lowest BCUT2D eigenvalue weighted by Gasteiger charge is -2.34. The fourth-order valence-electron chi connectivity index (χ4n) is 2.99. The Kier molecular flexibility index (Phi) is 5.01. The number of rotatable bonds is 4. The number of thioether (sulfide) groups is 1. The second kappa shape index (κ2) is 7.58. The molecule has 1 fully saturated rings. The van der Waals surface area contributed by atoms with E-state index in [9.17, 15) is 4.79 Å². The van der Waals surface area contributed by atoms with E-state index < -0.39 is 0 Å². The van der Waals surface area contributed by atoms with Crippen molar-refractivity contribution in [2.75, 3.05) is 36.8 Å². The summed E-state index contributed by atoms with van der Waals surface area (Å²) in [5, 5.41) is 9.16. The lowest BCUT2D eigenvalue weighted by atomic mass is 10.3. The summed E-state index contributed by atoms with van der Waals surface area (Å²) in [4.78, 5) is 25.0. The van der Waals surface area contributed by atoms with Crippen molar-refractivity contribution >= 4 is 45.1 Å². The van der Waals surface area contributed by atoms with Gasteiger partial charge in [0, 0.05) is 33.1 Å². The molecule has 27 heavy (non-hydrogen) atoms. The third-order valence-electron chi connectivity index (χ3n) is 4.34. The normalized spacial score (nSPS) is 14.5. The van der Waals surface area contributed by atoms with Crippen LogP contribution in [-0.2, 0) is 4.79 Å². The van der Waals surface area contributed by atoms with E-state index in [0.29, 0.717) is 49.4 Å². The first-order valence-corrected chi connectivity index (χ1v) is 10.3. The molecule has 1 amide bonds. The lowest BCUT2D eigenvalue weighted by molar-refractivity contribution is -0.128. The lowest BCUT2D eigenvalue weighted by Crippen LogP contribution is -2.49. The number of oxazole rings is 1. The summed E-state index contributed by atoms with van der Waals surface area (Å²) in [6, 6.07) is 10.0. The van der Waals surface area contributed by atoms with Crippen LogP contribution in [0.1, 0.15) is 11.6 Å². The minimum Gasteiger partial charge on any atom is -0.424 e. The van der Waals surface area contributed by atoms with Crippen molar-refractivity contribution in [2.45, 2.75) is 11.3 Å². The quantitative estimate of drug-likeness (QED) is 0.624. The average molecular weight is 400 g/mol. The number of thiazole rings is 1. The number of fused-ring (bicyclic) bond motifs is 1. The van der Waals surface area contributed by atoms with E-state index in [2.05, 4.69) is 16.0 Å². The predicted molar refractivity (Wildman–Crippen MR) is 105 cm³/mol. The number of hydrogen-bond acceptors (Lipinski definition) is 8. The molecule has 4 rings (SSSR count). The molecule has 3 heterocycles. The van der Waals surface area contributed by atoms with Crippen LogP contribution in [0.2, 0.25) is 0 Å². The molecule has 1 aromatic carbocycles. The first-order chi connectivity index (χ1) is 13.1. The Morgan fingerprint density at radius 2 is 2.07 bits per heavy atom. The SMILES string of the molecule is Cc1nc(C#N)c(N2CCN(C(=O)CSc3nc4ccccc4s3)CC2)o1. The molecule has 138 valence electrons. The van der Waals surface area contributed by atoms with Crippen molar-refractivity contribution in [1.82, 2.24) is 14.9 Å². The molecule has 7 nitrogen and oxygen atoms in total. The molecule has 2 aromatic heterocycles. The molecule has 0 saturated carbocycles. The van der Waals surface area contributed by atoms with Gasteiger partial charge in [-0.25, -0.2) is 9.97 Å². The van der Waals surface area contributed by atoms with Gasteiger partial charge in [0.1, 0.15) is 6.07 Å². The third-order valence-corrected chi connectivity index (χ3v) is 6.50. The van der Waals surface area contributed by atoms with Gasteiger partial charge in [-0.05, 0) is 12.1 Å². The Morgan fingerprint density at radius 3 is 2.81 bits per heavy atom. The first-order valence-electron chi connectivity index (χ1n) is 8.52. The Morgan fingerprint density at radius 1 is 1.30 bits per heavy atom. The molecule has 1 saturated heterocycles. The maximum absolute atomic E-state index is 12.5. The van der Waals surface area contributed by atoms with Crippen LogP contribution in [0.15, 0.2) is 33.0 Å². The zero-order chi connectivity index (χ0) is 18.8. The molecule has 0 radical (unpaired) electrons. The first kappa shape index (κ1) is 17.8. The predicted octanol–water partition coefficient (Wildman–Crippen LogP) is 2.91. The number of anilines is 1. The number of carbonyl (C=O) groups is 1. The van der Waals surface area contributed by atoms with Crippen molar-refractivity contribution in [3.63, 3.8) is 0 Å². The molecular formula is C18H17N5O2S2. The number of hydrogen-bond donors (Lipinski definition) is 0. The highest BCUT2D eigenvalue weighted by Gasteiger charge is 2.25. The highest BCUT2D eigenvalue weighted by molar-refractivity contribution is 8.01. The van der Waals surface area contributed by atoms with Gasteiger partial charge in [0.2, 0.25) is 17.5 Å². The van der Waals surface area contributed by atoms with Crippen LogP contribution in [0.3, 0.4) is 0 Å². The van der Waals surface area contributed by atoms with Crippen LogP contribution >= 0.6 is 23.1 Å². The number of nitriles is 1. The molecule has 0 spiro atoms.